The first kappa shape index (κ1) is 24.7. The third kappa shape index (κ3) is 4.49. The minimum Gasteiger partial charge on any atom is -0.376 e. The van der Waals surface area contributed by atoms with Crippen LogP contribution in [0.5, 0.6) is 0 Å². The van der Waals surface area contributed by atoms with Gasteiger partial charge in [0.05, 0.1) is 12.6 Å². The van der Waals surface area contributed by atoms with Crippen LogP contribution in [0.2, 0.25) is 0 Å². The first-order valence-corrected chi connectivity index (χ1v) is 13.4. The number of hydrogen-bond acceptors (Lipinski definition) is 5. The molecule has 1 aromatic carbocycles. The molecule has 0 aromatic heterocycles. The van der Waals surface area contributed by atoms with Gasteiger partial charge in [-0.2, -0.15) is 0 Å². The van der Waals surface area contributed by atoms with Crippen molar-refractivity contribution in [3.05, 3.63) is 29.8 Å². The number of piperidine rings is 1. The Kier molecular flexibility index (Phi) is 7.01. The van der Waals surface area contributed by atoms with E-state index in [4.69, 9.17) is 4.74 Å². The van der Waals surface area contributed by atoms with Crippen molar-refractivity contribution in [2.24, 2.45) is 5.92 Å². The monoisotopic (exact) mass is 496 g/mol. The number of carbonyl (C=O) groups is 4. The largest absolute Gasteiger partial charge is 0.376 e. The van der Waals surface area contributed by atoms with E-state index in [1.807, 2.05) is 24.0 Å². The van der Waals surface area contributed by atoms with Crippen LogP contribution in [0.15, 0.2) is 24.3 Å². The smallest absolute Gasteiger partial charge is 0.325 e. The van der Waals surface area contributed by atoms with Crippen molar-refractivity contribution in [2.45, 2.75) is 69.9 Å². The number of carbonyl (C=O) groups excluding carboxylic acids is 4. The molecule has 0 bridgehead atoms. The molecule has 4 saturated heterocycles. The van der Waals surface area contributed by atoms with Crippen LogP contribution >= 0.6 is 0 Å². The van der Waals surface area contributed by atoms with Crippen LogP contribution in [-0.4, -0.2) is 78.0 Å². The molecule has 0 spiro atoms. The van der Waals surface area contributed by atoms with Crippen molar-refractivity contribution in [3.63, 3.8) is 0 Å². The summed E-state index contributed by atoms with van der Waals surface area (Å²) in [5.74, 6) is -0.0724. The van der Waals surface area contributed by atoms with Gasteiger partial charge in [0.15, 0.2) is 0 Å². The molecule has 0 unspecified atom stereocenters. The standard InChI is InChI=1S/C27H36N4O5/c1-2-13-27(25(34)31(26(35)28-27)18-22-5-4-17-36-22)20-11-15-29(16-12-20)24(33)19-7-9-21(10-8-19)30-14-3-6-23(30)32/h7-10,20,22H,2-6,11-18H2,1H3,(H,28,35)/t22-,27-/m0/s1. The molecule has 9 heteroatoms. The number of rotatable bonds is 7. The average Bonchev–Trinajstić information content (AvgIpc) is 3.62. The second-order valence-corrected chi connectivity index (χ2v) is 10.5. The molecule has 5 rings (SSSR count). The van der Waals surface area contributed by atoms with Gasteiger partial charge < -0.3 is 19.9 Å². The summed E-state index contributed by atoms with van der Waals surface area (Å²) >= 11 is 0. The molecule has 0 aliphatic carbocycles. The lowest BCUT2D eigenvalue weighted by molar-refractivity contribution is -0.135. The average molecular weight is 497 g/mol. The van der Waals surface area contributed by atoms with Crippen LogP contribution in [0.1, 0.15) is 68.6 Å². The molecule has 194 valence electrons. The number of urea groups is 1. The van der Waals surface area contributed by atoms with Crippen molar-refractivity contribution in [3.8, 4) is 0 Å². The fourth-order valence-corrected chi connectivity index (χ4v) is 6.31. The van der Waals surface area contributed by atoms with E-state index in [2.05, 4.69) is 5.32 Å². The third-order valence-electron chi connectivity index (χ3n) is 8.23. The molecule has 36 heavy (non-hydrogen) atoms. The van der Waals surface area contributed by atoms with E-state index in [9.17, 15) is 19.2 Å². The highest BCUT2D eigenvalue weighted by molar-refractivity contribution is 6.07. The number of likely N-dealkylation sites (tertiary alicyclic amines) is 1. The fraction of sp³-hybridized carbons (Fsp3) is 0.630. The molecule has 1 aromatic rings. The van der Waals surface area contributed by atoms with Gasteiger partial charge in [0.2, 0.25) is 5.91 Å². The zero-order chi connectivity index (χ0) is 25.3. The van der Waals surface area contributed by atoms with Crippen molar-refractivity contribution in [1.82, 2.24) is 15.1 Å². The van der Waals surface area contributed by atoms with E-state index < -0.39 is 5.54 Å². The van der Waals surface area contributed by atoms with Crippen molar-refractivity contribution < 1.29 is 23.9 Å². The summed E-state index contributed by atoms with van der Waals surface area (Å²) in [6.07, 6.45) is 5.88. The Hall–Kier alpha value is -2.94. The minimum absolute atomic E-state index is 0.0176. The highest BCUT2D eigenvalue weighted by Gasteiger charge is 2.55. The first-order chi connectivity index (χ1) is 17.4. The lowest BCUT2D eigenvalue weighted by Crippen LogP contribution is -2.56. The molecule has 4 heterocycles. The summed E-state index contributed by atoms with van der Waals surface area (Å²) < 4.78 is 5.67. The first-order valence-electron chi connectivity index (χ1n) is 13.4. The molecule has 4 aliphatic rings. The summed E-state index contributed by atoms with van der Waals surface area (Å²) in [7, 11) is 0. The topological polar surface area (TPSA) is 99.3 Å². The maximum absolute atomic E-state index is 13.6. The normalized spacial score (nSPS) is 27.3. The zero-order valence-electron chi connectivity index (χ0n) is 21.0. The minimum atomic E-state index is -0.899. The van der Waals surface area contributed by atoms with E-state index in [1.165, 1.54) is 4.90 Å². The van der Waals surface area contributed by atoms with Crippen LogP contribution in [0.4, 0.5) is 10.5 Å². The second kappa shape index (κ2) is 10.2. The van der Waals surface area contributed by atoms with Gasteiger partial charge >= 0.3 is 6.03 Å². The number of benzene rings is 1. The number of anilines is 1. The van der Waals surface area contributed by atoms with Crippen molar-refractivity contribution in [2.75, 3.05) is 37.7 Å². The second-order valence-electron chi connectivity index (χ2n) is 10.5. The van der Waals surface area contributed by atoms with Crippen LogP contribution in [0.3, 0.4) is 0 Å². The summed E-state index contributed by atoms with van der Waals surface area (Å²) in [4.78, 5) is 56.6. The summed E-state index contributed by atoms with van der Waals surface area (Å²) in [6.45, 7) is 4.82. The molecule has 4 fully saturated rings. The van der Waals surface area contributed by atoms with Gasteiger partial charge in [0, 0.05) is 43.9 Å². The van der Waals surface area contributed by atoms with Gasteiger partial charge in [-0.15, -0.1) is 0 Å². The third-order valence-corrected chi connectivity index (χ3v) is 8.23. The van der Waals surface area contributed by atoms with E-state index in [0.717, 1.165) is 37.9 Å². The van der Waals surface area contributed by atoms with Gasteiger partial charge in [0.1, 0.15) is 5.54 Å². The van der Waals surface area contributed by atoms with Crippen LogP contribution in [-0.2, 0) is 14.3 Å². The zero-order valence-corrected chi connectivity index (χ0v) is 21.0. The predicted octanol–water partition coefficient (Wildman–Crippen LogP) is 2.94. The molecule has 0 saturated carbocycles. The quantitative estimate of drug-likeness (QED) is 0.585. The molecule has 5 amide bonds. The van der Waals surface area contributed by atoms with Gasteiger partial charge in [-0.05, 0) is 68.7 Å². The van der Waals surface area contributed by atoms with Crippen LogP contribution in [0, 0.1) is 5.92 Å². The van der Waals surface area contributed by atoms with Gasteiger partial charge in [0.25, 0.3) is 11.8 Å². The lowest BCUT2D eigenvalue weighted by Gasteiger charge is -2.41. The fourth-order valence-electron chi connectivity index (χ4n) is 6.31. The number of hydrogen-bond donors (Lipinski definition) is 1. The molecule has 0 radical (unpaired) electrons. The number of amides is 5. The molecule has 4 aliphatic heterocycles. The molecule has 2 atom stereocenters. The summed E-state index contributed by atoms with van der Waals surface area (Å²) in [6, 6.07) is 6.94. The lowest BCUT2D eigenvalue weighted by atomic mass is 9.74. The van der Waals surface area contributed by atoms with Crippen molar-refractivity contribution in [1.29, 1.82) is 0 Å². The highest BCUT2D eigenvalue weighted by Crippen LogP contribution is 2.38. The Bertz CT molecular complexity index is 1010. The Labute approximate surface area is 212 Å². The van der Waals surface area contributed by atoms with Gasteiger partial charge in [-0.1, -0.05) is 13.3 Å². The van der Waals surface area contributed by atoms with Crippen molar-refractivity contribution >= 4 is 29.4 Å². The Morgan fingerprint density at radius 2 is 1.81 bits per heavy atom. The molecule has 1 N–H and O–H groups in total. The number of ether oxygens (including phenoxy) is 1. The van der Waals surface area contributed by atoms with E-state index in [1.54, 1.807) is 17.0 Å². The van der Waals surface area contributed by atoms with E-state index in [-0.39, 0.29) is 35.8 Å². The molecular weight excluding hydrogens is 460 g/mol. The van der Waals surface area contributed by atoms with E-state index in [0.29, 0.717) is 57.5 Å². The summed E-state index contributed by atoms with van der Waals surface area (Å²) in [5.41, 5.74) is 0.529. The maximum atomic E-state index is 13.6. The Morgan fingerprint density at radius 3 is 2.42 bits per heavy atom. The molecule has 9 nitrogen and oxygen atoms in total. The Balaban J connectivity index is 1.23. The number of nitrogens with zero attached hydrogens (tertiary/aromatic N) is 3. The van der Waals surface area contributed by atoms with Gasteiger partial charge in [-0.25, -0.2) is 4.79 Å². The maximum Gasteiger partial charge on any atom is 0.325 e. The van der Waals surface area contributed by atoms with Crippen LogP contribution < -0.4 is 10.2 Å². The number of imide groups is 1. The highest BCUT2D eigenvalue weighted by atomic mass is 16.5. The Morgan fingerprint density at radius 1 is 1.06 bits per heavy atom. The number of nitrogens with one attached hydrogen (secondary N) is 1. The SMILES string of the molecule is CCC[C@@]1(C2CCN(C(=O)c3ccc(N4CCCC4=O)cc3)CC2)NC(=O)N(C[C@@H]2CCCO2)C1=O. The van der Waals surface area contributed by atoms with Gasteiger partial charge in [-0.3, -0.25) is 19.3 Å². The predicted molar refractivity (Wildman–Crippen MR) is 134 cm³/mol. The molecular formula is C27H36N4O5. The summed E-state index contributed by atoms with van der Waals surface area (Å²) in [5, 5.41) is 3.07. The van der Waals surface area contributed by atoms with E-state index >= 15 is 0 Å². The van der Waals surface area contributed by atoms with Crippen LogP contribution in [0.25, 0.3) is 0 Å².